The maximum Gasteiger partial charge on any atom is 0.118 e. The van der Waals surface area contributed by atoms with E-state index in [1.807, 2.05) is 0 Å². The number of methoxy groups -OCH3 is 2. The fourth-order valence-corrected chi connectivity index (χ4v) is 2.50. The molecule has 0 bridgehead atoms. The highest BCUT2D eigenvalue weighted by atomic mass is 16.5. The van der Waals surface area contributed by atoms with E-state index in [4.69, 9.17) is 9.47 Å². The summed E-state index contributed by atoms with van der Waals surface area (Å²) in [5.74, 6) is 2.60. The predicted molar refractivity (Wildman–Crippen MR) is 77.7 cm³/mol. The average Bonchev–Trinajstić information content (AvgIpc) is 3.27. The highest BCUT2D eigenvalue weighted by Crippen LogP contribution is 2.38. The smallest absolute Gasteiger partial charge is 0.118 e. The van der Waals surface area contributed by atoms with Gasteiger partial charge in [-0.15, -0.1) is 0 Å². The molecule has 0 amide bonds. The van der Waals surface area contributed by atoms with E-state index >= 15 is 0 Å². The van der Waals surface area contributed by atoms with Crippen molar-refractivity contribution in [2.45, 2.75) is 19.3 Å². The van der Waals surface area contributed by atoms with Crippen LogP contribution in [0.4, 0.5) is 0 Å². The Bertz CT molecular complexity index is 360. The Morgan fingerprint density at radius 1 is 1.21 bits per heavy atom. The molecule has 1 unspecified atom stereocenters. The normalized spacial score (nSPS) is 16.3. The highest BCUT2D eigenvalue weighted by molar-refractivity contribution is 5.27. The molecule has 3 heteroatoms. The minimum atomic E-state index is 0.755. The number of hydrogen-bond donors (Lipinski definition) is 1. The average molecular weight is 263 g/mol. The Hall–Kier alpha value is -1.06. The third kappa shape index (κ3) is 4.84. The molecule has 0 spiro atoms. The quantitative estimate of drug-likeness (QED) is 0.694. The topological polar surface area (TPSA) is 30.5 Å². The Morgan fingerprint density at radius 3 is 2.53 bits per heavy atom. The molecule has 0 heterocycles. The number of nitrogens with one attached hydrogen (secondary N) is 1. The summed E-state index contributed by atoms with van der Waals surface area (Å²) in [6, 6.07) is 8.47. The number of benzene rings is 1. The van der Waals surface area contributed by atoms with Crippen LogP contribution >= 0.6 is 0 Å². The molecule has 0 radical (unpaired) electrons. The van der Waals surface area contributed by atoms with E-state index in [1.165, 1.54) is 18.4 Å². The summed E-state index contributed by atoms with van der Waals surface area (Å²) in [6.07, 6.45) is 3.95. The zero-order chi connectivity index (χ0) is 13.5. The molecular formula is C16H25NO2. The minimum Gasteiger partial charge on any atom is -0.497 e. The molecule has 1 aromatic carbocycles. The highest BCUT2D eigenvalue weighted by Gasteiger charge is 2.30. The second-order valence-corrected chi connectivity index (χ2v) is 5.35. The first kappa shape index (κ1) is 14.4. The Kier molecular flexibility index (Phi) is 5.67. The van der Waals surface area contributed by atoms with Gasteiger partial charge in [0.1, 0.15) is 5.75 Å². The van der Waals surface area contributed by atoms with E-state index in [0.29, 0.717) is 0 Å². The second-order valence-electron chi connectivity index (χ2n) is 5.35. The first-order chi connectivity index (χ1) is 9.33. The Balaban J connectivity index is 1.81. The van der Waals surface area contributed by atoms with Gasteiger partial charge in [0, 0.05) is 13.7 Å². The van der Waals surface area contributed by atoms with E-state index in [-0.39, 0.29) is 0 Å². The van der Waals surface area contributed by atoms with Crippen molar-refractivity contribution < 1.29 is 9.47 Å². The van der Waals surface area contributed by atoms with Gasteiger partial charge in [0.2, 0.25) is 0 Å². The standard InChI is InChI=1S/C16H25NO2/c1-18-10-9-17-12-15(14-5-6-14)11-13-3-7-16(19-2)8-4-13/h3-4,7-8,14-15,17H,5-6,9-12H2,1-2H3. The summed E-state index contributed by atoms with van der Waals surface area (Å²) in [6.45, 7) is 2.84. The lowest BCUT2D eigenvalue weighted by atomic mass is 9.94. The van der Waals surface area contributed by atoms with E-state index in [1.54, 1.807) is 14.2 Å². The molecule has 0 saturated heterocycles. The molecule has 0 aliphatic heterocycles. The van der Waals surface area contributed by atoms with Gasteiger partial charge in [-0.25, -0.2) is 0 Å². The van der Waals surface area contributed by atoms with Crippen LogP contribution in [0, 0.1) is 11.8 Å². The van der Waals surface area contributed by atoms with Gasteiger partial charge in [0.05, 0.1) is 13.7 Å². The van der Waals surface area contributed by atoms with Crippen molar-refractivity contribution >= 4 is 0 Å². The predicted octanol–water partition coefficient (Wildman–Crippen LogP) is 2.50. The van der Waals surface area contributed by atoms with Crippen molar-refractivity contribution in [2.24, 2.45) is 11.8 Å². The molecule has 1 fully saturated rings. The van der Waals surface area contributed by atoms with E-state index in [0.717, 1.165) is 43.7 Å². The van der Waals surface area contributed by atoms with Crippen molar-refractivity contribution in [2.75, 3.05) is 33.9 Å². The van der Waals surface area contributed by atoms with Gasteiger partial charge in [-0.3, -0.25) is 0 Å². The first-order valence-corrected chi connectivity index (χ1v) is 7.16. The number of rotatable bonds is 9. The molecule has 0 aromatic heterocycles. The zero-order valence-electron chi connectivity index (χ0n) is 12.0. The van der Waals surface area contributed by atoms with Crippen molar-refractivity contribution in [3.63, 3.8) is 0 Å². The van der Waals surface area contributed by atoms with Gasteiger partial charge in [0.25, 0.3) is 0 Å². The third-order valence-corrected chi connectivity index (χ3v) is 3.84. The first-order valence-electron chi connectivity index (χ1n) is 7.16. The fourth-order valence-electron chi connectivity index (χ4n) is 2.50. The van der Waals surface area contributed by atoms with Crippen LogP contribution in [0.25, 0.3) is 0 Å². The summed E-state index contributed by atoms with van der Waals surface area (Å²) >= 11 is 0. The summed E-state index contributed by atoms with van der Waals surface area (Å²) in [4.78, 5) is 0. The summed E-state index contributed by atoms with van der Waals surface area (Å²) in [5.41, 5.74) is 1.41. The van der Waals surface area contributed by atoms with Gasteiger partial charge in [-0.1, -0.05) is 12.1 Å². The molecule has 1 aliphatic carbocycles. The molecule has 1 aromatic rings. The molecule has 19 heavy (non-hydrogen) atoms. The van der Waals surface area contributed by atoms with Gasteiger partial charge in [-0.05, 0) is 55.3 Å². The van der Waals surface area contributed by atoms with Gasteiger partial charge < -0.3 is 14.8 Å². The van der Waals surface area contributed by atoms with Crippen LogP contribution in [0.2, 0.25) is 0 Å². The number of ether oxygens (including phenoxy) is 2. The lowest BCUT2D eigenvalue weighted by Crippen LogP contribution is -2.28. The summed E-state index contributed by atoms with van der Waals surface area (Å²) in [7, 11) is 3.46. The SMILES string of the molecule is COCCNCC(Cc1ccc(OC)cc1)C1CC1. The number of hydrogen-bond acceptors (Lipinski definition) is 3. The maximum atomic E-state index is 5.20. The van der Waals surface area contributed by atoms with E-state index < -0.39 is 0 Å². The maximum absolute atomic E-state index is 5.20. The van der Waals surface area contributed by atoms with Gasteiger partial charge in [0.15, 0.2) is 0 Å². The van der Waals surface area contributed by atoms with Crippen molar-refractivity contribution in [1.29, 1.82) is 0 Å². The molecule has 1 N–H and O–H groups in total. The monoisotopic (exact) mass is 263 g/mol. The molecule has 2 rings (SSSR count). The molecule has 3 nitrogen and oxygen atoms in total. The zero-order valence-corrected chi connectivity index (χ0v) is 12.0. The van der Waals surface area contributed by atoms with E-state index in [2.05, 4.69) is 29.6 Å². The largest absolute Gasteiger partial charge is 0.497 e. The Morgan fingerprint density at radius 2 is 1.95 bits per heavy atom. The van der Waals surface area contributed by atoms with Crippen LogP contribution in [-0.2, 0) is 11.2 Å². The third-order valence-electron chi connectivity index (χ3n) is 3.84. The van der Waals surface area contributed by atoms with Crippen molar-refractivity contribution in [1.82, 2.24) is 5.32 Å². The summed E-state index contributed by atoms with van der Waals surface area (Å²) in [5, 5.41) is 3.50. The second kappa shape index (κ2) is 7.51. The van der Waals surface area contributed by atoms with Crippen LogP contribution in [0.5, 0.6) is 5.75 Å². The van der Waals surface area contributed by atoms with Crippen LogP contribution in [0.3, 0.4) is 0 Å². The van der Waals surface area contributed by atoms with Crippen LogP contribution in [0.1, 0.15) is 18.4 Å². The Labute approximate surface area is 116 Å². The van der Waals surface area contributed by atoms with Crippen LogP contribution in [-0.4, -0.2) is 33.9 Å². The van der Waals surface area contributed by atoms with Gasteiger partial charge >= 0.3 is 0 Å². The minimum absolute atomic E-state index is 0.755. The van der Waals surface area contributed by atoms with Crippen LogP contribution < -0.4 is 10.1 Å². The molecule has 1 atom stereocenters. The molecule has 1 aliphatic rings. The molecule has 1 saturated carbocycles. The molecule has 106 valence electrons. The van der Waals surface area contributed by atoms with Crippen molar-refractivity contribution in [3.8, 4) is 5.75 Å². The fraction of sp³-hybridized carbons (Fsp3) is 0.625. The van der Waals surface area contributed by atoms with Crippen molar-refractivity contribution in [3.05, 3.63) is 29.8 Å². The van der Waals surface area contributed by atoms with Gasteiger partial charge in [-0.2, -0.15) is 0 Å². The van der Waals surface area contributed by atoms with Crippen LogP contribution in [0.15, 0.2) is 24.3 Å². The molecular weight excluding hydrogens is 238 g/mol. The lowest BCUT2D eigenvalue weighted by Gasteiger charge is -2.17. The van der Waals surface area contributed by atoms with E-state index in [9.17, 15) is 0 Å². The summed E-state index contributed by atoms with van der Waals surface area (Å²) < 4.78 is 10.3. The lowest BCUT2D eigenvalue weighted by molar-refractivity contribution is 0.197.